The molecular formula is C17H24N2O3. The molecule has 2 atom stereocenters. The van der Waals surface area contributed by atoms with Crippen LogP contribution in [-0.4, -0.2) is 30.2 Å². The normalized spacial score (nSPS) is 19.8. The van der Waals surface area contributed by atoms with Crippen LogP contribution < -0.4 is 10.6 Å². The highest BCUT2D eigenvalue weighted by Gasteiger charge is 2.32. The van der Waals surface area contributed by atoms with Crippen molar-refractivity contribution in [3.05, 3.63) is 35.4 Å². The summed E-state index contributed by atoms with van der Waals surface area (Å²) in [5, 5.41) is 14.0. The Bertz CT molecular complexity index is 542. The molecule has 0 saturated carbocycles. The van der Waals surface area contributed by atoms with E-state index in [1.807, 2.05) is 6.07 Å². The molecule has 3 N–H and O–H groups in total. The minimum absolute atomic E-state index is 0.0604. The molecule has 0 bridgehead atoms. The van der Waals surface area contributed by atoms with Gasteiger partial charge in [0.1, 0.15) is 0 Å². The first-order chi connectivity index (χ1) is 10.5. The minimum Gasteiger partial charge on any atom is -0.481 e. The highest BCUT2D eigenvalue weighted by molar-refractivity contribution is 5.75. The fourth-order valence-corrected chi connectivity index (χ4v) is 3.17. The molecule has 0 saturated heterocycles. The number of rotatable bonds is 6. The van der Waals surface area contributed by atoms with Crippen LogP contribution >= 0.6 is 0 Å². The van der Waals surface area contributed by atoms with Gasteiger partial charge in [0.25, 0.3) is 0 Å². The minimum atomic E-state index is -0.912. The Hall–Kier alpha value is -2.04. The van der Waals surface area contributed by atoms with Crippen molar-refractivity contribution in [3.63, 3.8) is 0 Å². The van der Waals surface area contributed by atoms with E-state index < -0.39 is 5.97 Å². The van der Waals surface area contributed by atoms with E-state index in [9.17, 15) is 9.59 Å². The first-order valence-electron chi connectivity index (χ1n) is 7.81. The van der Waals surface area contributed by atoms with E-state index in [4.69, 9.17) is 5.11 Å². The van der Waals surface area contributed by atoms with Gasteiger partial charge in [0, 0.05) is 19.0 Å². The van der Waals surface area contributed by atoms with Gasteiger partial charge in [-0.1, -0.05) is 38.1 Å². The van der Waals surface area contributed by atoms with Crippen molar-refractivity contribution in [2.75, 3.05) is 13.1 Å². The van der Waals surface area contributed by atoms with Crippen LogP contribution in [0.5, 0.6) is 0 Å². The van der Waals surface area contributed by atoms with Crippen molar-refractivity contribution in [1.82, 2.24) is 10.6 Å². The lowest BCUT2D eigenvalue weighted by Gasteiger charge is -2.16. The van der Waals surface area contributed by atoms with Crippen molar-refractivity contribution in [1.29, 1.82) is 0 Å². The number of hydrogen-bond donors (Lipinski definition) is 3. The predicted molar refractivity (Wildman–Crippen MR) is 85.0 cm³/mol. The topological polar surface area (TPSA) is 78.4 Å². The molecule has 0 spiro atoms. The Morgan fingerprint density at radius 3 is 2.55 bits per heavy atom. The summed E-state index contributed by atoms with van der Waals surface area (Å²) < 4.78 is 0. The lowest BCUT2D eigenvalue weighted by molar-refractivity contribution is -0.136. The van der Waals surface area contributed by atoms with Crippen molar-refractivity contribution in [2.45, 2.75) is 38.5 Å². The second-order valence-corrected chi connectivity index (χ2v) is 6.19. The SMILES string of the molecule is CC(C)[C@@H]1C[C@@H](CNC(=O)NCCC(=O)O)c2ccccc21. The molecule has 0 heterocycles. The second-order valence-electron chi connectivity index (χ2n) is 6.19. The van der Waals surface area contributed by atoms with E-state index in [2.05, 4.69) is 42.7 Å². The molecule has 5 nitrogen and oxygen atoms in total. The van der Waals surface area contributed by atoms with Crippen molar-refractivity contribution < 1.29 is 14.7 Å². The van der Waals surface area contributed by atoms with Crippen LogP contribution in [0.25, 0.3) is 0 Å². The fraction of sp³-hybridized carbons (Fsp3) is 0.529. The standard InChI is InChI=1S/C17H24N2O3/c1-11(2)15-9-12(13-5-3-4-6-14(13)15)10-19-17(22)18-8-7-16(20)21/h3-6,11-12,15H,7-10H2,1-2H3,(H,20,21)(H2,18,19,22)/t12-,15-/m0/s1. The number of nitrogens with one attached hydrogen (secondary N) is 2. The summed E-state index contributed by atoms with van der Waals surface area (Å²) in [5.74, 6) is 0.534. The summed E-state index contributed by atoms with van der Waals surface area (Å²) in [6.07, 6.45) is 0.988. The van der Waals surface area contributed by atoms with E-state index in [0.717, 1.165) is 6.42 Å². The maximum absolute atomic E-state index is 11.7. The van der Waals surface area contributed by atoms with Crippen LogP contribution in [0.4, 0.5) is 4.79 Å². The third-order valence-corrected chi connectivity index (χ3v) is 4.31. The third-order valence-electron chi connectivity index (χ3n) is 4.31. The summed E-state index contributed by atoms with van der Waals surface area (Å²) in [4.78, 5) is 22.1. The Kier molecular flexibility index (Phi) is 5.41. The maximum atomic E-state index is 11.7. The van der Waals surface area contributed by atoms with E-state index in [1.165, 1.54) is 11.1 Å². The number of carbonyl (C=O) groups is 2. The van der Waals surface area contributed by atoms with Gasteiger partial charge in [-0.05, 0) is 29.4 Å². The molecule has 1 aromatic rings. The third kappa shape index (κ3) is 4.00. The zero-order valence-corrected chi connectivity index (χ0v) is 13.1. The Morgan fingerprint density at radius 2 is 1.91 bits per heavy atom. The molecule has 2 amide bonds. The Balaban J connectivity index is 1.89. The van der Waals surface area contributed by atoms with Crippen molar-refractivity contribution in [3.8, 4) is 0 Å². The molecule has 22 heavy (non-hydrogen) atoms. The Labute approximate surface area is 131 Å². The number of amides is 2. The quantitative estimate of drug-likeness (QED) is 0.756. The molecule has 1 aliphatic carbocycles. The van der Waals surface area contributed by atoms with Crippen molar-refractivity contribution in [2.24, 2.45) is 5.92 Å². The molecule has 2 rings (SSSR count). The number of benzene rings is 1. The van der Waals surface area contributed by atoms with Crippen LogP contribution in [0.3, 0.4) is 0 Å². The van der Waals surface area contributed by atoms with Gasteiger partial charge in [0.15, 0.2) is 0 Å². The smallest absolute Gasteiger partial charge is 0.314 e. The molecule has 0 radical (unpaired) electrons. The van der Waals surface area contributed by atoms with E-state index in [0.29, 0.717) is 24.3 Å². The lowest BCUT2D eigenvalue weighted by Crippen LogP contribution is -2.38. The van der Waals surface area contributed by atoms with Gasteiger partial charge >= 0.3 is 12.0 Å². The maximum Gasteiger partial charge on any atom is 0.314 e. The van der Waals surface area contributed by atoms with Crippen LogP contribution in [-0.2, 0) is 4.79 Å². The molecule has 0 fully saturated rings. The van der Waals surface area contributed by atoms with Gasteiger partial charge in [-0.15, -0.1) is 0 Å². The monoisotopic (exact) mass is 304 g/mol. The summed E-state index contributed by atoms with van der Waals surface area (Å²) >= 11 is 0. The second kappa shape index (κ2) is 7.29. The summed E-state index contributed by atoms with van der Waals surface area (Å²) in [6.45, 7) is 5.20. The highest BCUT2D eigenvalue weighted by atomic mass is 16.4. The van der Waals surface area contributed by atoms with Crippen LogP contribution in [0.15, 0.2) is 24.3 Å². The number of carboxylic acid groups (broad SMARTS) is 1. The van der Waals surface area contributed by atoms with Gasteiger partial charge in [0.2, 0.25) is 0 Å². The van der Waals surface area contributed by atoms with E-state index in [1.54, 1.807) is 0 Å². The largest absolute Gasteiger partial charge is 0.481 e. The van der Waals surface area contributed by atoms with Gasteiger partial charge in [-0.25, -0.2) is 4.79 Å². The molecule has 120 valence electrons. The Morgan fingerprint density at radius 1 is 1.23 bits per heavy atom. The summed E-state index contributed by atoms with van der Waals surface area (Å²) in [5.41, 5.74) is 2.72. The average Bonchev–Trinajstić information content (AvgIpc) is 2.84. The molecular weight excluding hydrogens is 280 g/mol. The van der Waals surface area contributed by atoms with Crippen LogP contribution in [0.1, 0.15) is 49.7 Å². The van der Waals surface area contributed by atoms with E-state index in [-0.39, 0.29) is 19.0 Å². The predicted octanol–water partition coefficient (Wildman–Crippen LogP) is 2.69. The van der Waals surface area contributed by atoms with Gasteiger partial charge < -0.3 is 15.7 Å². The summed E-state index contributed by atoms with van der Waals surface area (Å²) in [7, 11) is 0. The number of urea groups is 1. The molecule has 0 aliphatic heterocycles. The van der Waals surface area contributed by atoms with Gasteiger partial charge in [-0.3, -0.25) is 4.79 Å². The van der Waals surface area contributed by atoms with Crippen LogP contribution in [0.2, 0.25) is 0 Å². The number of carboxylic acids is 1. The van der Waals surface area contributed by atoms with E-state index >= 15 is 0 Å². The average molecular weight is 304 g/mol. The molecule has 5 heteroatoms. The zero-order valence-electron chi connectivity index (χ0n) is 13.1. The van der Waals surface area contributed by atoms with Gasteiger partial charge in [-0.2, -0.15) is 0 Å². The first kappa shape index (κ1) is 16.3. The number of hydrogen-bond acceptors (Lipinski definition) is 2. The number of aliphatic carboxylic acids is 1. The lowest BCUT2D eigenvalue weighted by atomic mass is 9.90. The molecule has 0 aromatic heterocycles. The van der Waals surface area contributed by atoms with Crippen molar-refractivity contribution >= 4 is 12.0 Å². The number of carbonyl (C=O) groups excluding carboxylic acids is 1. The molecule has 0 unspecified atom stereocenters. The number of fused-ring (bicyclic) bond motifs is 1. The highest BCUT2D eigenvalue weighted by Crippen LogP contribution is 2.44. The molecule has 1 aromatic carbocycles. The van der Waals surface area contributed by atoms with Crippen LogP contribution in [0, 0.1) is 5.92 Å². The zero-order chi connectivity index (χ0) is 16.1. The summed E-state index contributed by atoms with van der Waals surface area (Å²) in [6, 6.07) is 8.15. The molecule has 1 aliphatic rings. The fourth-order valence-electron chi connectivity index (χ4n) is 3.17. The van der Waals surface area contributed by atoms with Gasteiger partial charge in [0.05, 0.1) is 6.42 Å². The first-order valence-corrected chi connectivity index (χ1v) is 7.81.